The van der Waals surface area contributed by atoms with Crippen LogP contribution in [0.4, 0.5) is 0 Å². The van der Waals surface area contributed by atoms with Gasteiger partial charge in [0.2, 0.25) is 0 Å². The summed E-state index contributed by atoms with van der Waals surface area (Å²) in [7, 11) is 2.00. The van der Waals surface area contributed by atoms with Crippen LogP contribution in [0.25, 0.3) is 11.0 Å². The monoisotopic (exact) mass is 211 g/mol. The summed E-state index contributed by atoms with van der Waals surface area (Å²) in [4.78, 5) is 4.32. The minimum atomic E-state index is 0.936. The third kappa shape index (κ3) is 0.970. The standard InChI is InChI=1S/C8H7N2Se/c1-10-7-5-3-2-4-6(7)9-8(10)11/h2-5H,1H3. The summed E-state index contributed by atoms with van der Waals surface area (Å²) < 4.78 is 2.97. The number of aryl methyl sites for hydroxylation is 1. The summed E-state index contributed by atoms with van der Waals surface area (Å²) in [6.45, 7) is 0. The fourth-order valence-electron chi connectivity index (χ4n) is 1.12. The molecule has 1 heterocycles. The van der Waals surface area contributed by atoms with Crippen LogP contribution >= 0.6 is 0 Å². The molecule has 2 nitrogen and oxygen atoms in total. The Balaban J connectivity index is 2.92. The van der Waals surface area contributed by atoms with Gasteiger partial charge in [-0.15, -0.1) is 0 Å². The van der Waals surface area contributed by atoms with Crippen LogP contribution < -0.4 is 4.72 Å². The van der Waals surface area contributed by atoms with E-state index in [1.165, 1.54) is 5.52 Å². The molecule has 0 spiro atoms. The zero-order chi connectivity index (χ0) is 7.84. The Hall–Kier alpha value is -0.791. The molecule has 0 aliphatic rings. The molecule has 1 aromatic heterocycles. The van der Waals surface area contributed by atoms with Crippen molar-refractivity contribution in [3.8, 4) is 0 Å². The van der Waals surface area contributed by atoms with Gasteiger partial charge < -0.3 is 0 Å². The van der Waals surface area contributed by atoms with Crippen molar-refractivity contribution in [3.05, 3.63) is 24.3 Å². The van der Waals surface area contributed by atoms with Crippen molar-refractivity contribution < 1.29 is 0 Å². The molecule has 0 bridgehead atoms. The molecular formula is C8H7N2Se. The van der Waals surface area contributed by atoms with E-state index in [0.717, 1.165) is 10.2 Å². The number of nitrogens with zero attached hydrogens (tertiary/aromatic N) is 2. The minimum absolute atomic E-state index is 0.936. The summed E-state index contributed by atoms with van der Waals surface area (Å²) in [5.41, 5.74) is 2.21. The van der Waals surface area contributed by atoms with Crippen molar-refractivity contribution in [1.29, 1.82) is 0 Å². The van der Waals surface area contributed by atoms with Gasteiger partial charge in [0.15, 0.2) is 0 Å². The van der Waals surface area contributed by atoms with Crippen LogP contribution in [-0.4, -0.2) is 25.6 Å². The van der Waals surface area contributed by atoms with E-state index < -0.39 is 0 Å². The number of hydrogen-bond acceptors (Lipinski definition) is 1. The first-order valence-electron chi connectivity index (χ1n) is 3.37. The van der Waals surface area contributed by atoms with Gasteiger partial charge in [0.25, 0.3) is 0 Å². The summed E-state index contributed by atoms with van der Waals surface area (Å²) >= 11 is 2.91. The van der Waals surface area contributed by atoms with Crippen LogP contribution in [0.3, 0.4) is 0 Å². The number of rotatable bonds is 0. The fraction of sp³-hybridized carbons (Fsp3) is 0.125. The molecule has 2 aromatic rings. The van der Waals surface area contributed by atoms with E-state index in [1.54, 1.807) is 0 Å². The van der Waals surface area contributed by atoms with Gasteiger partial charge in [-0.3, -0.25) is 0 Å². The van der Waals surface area contributed by atoms with E-state index in [4.69, 9.17) is 0 Å². The van der Waals surface area contributed by atoms with Crippen molar-refractivity contribution in [2.75, 3.05) is 0 Å². The fourth-order valence-corrected chi connectivity index (χ4v) is 1.54. The average molecular weight is 210 g/mol. The van der Waals surface area contributed by atoms with E-state index in [1.807, 2.05) is 29.8 Å². The molecule has 11 heavy (non-hydrogen) atoms. The van der Waals surface area contributed by atoms with Crippen molar-refractivity contribution >= 4 is 31.8 Å². The summed E-state index contributed by atoms with van der Waals surface area (Å²) in [6, 6.07) is 8.08. The SMILES string of the molecule is Cn1c([Se])nc2ccccc21. The van der Waals surface area contributed by atoms with E-state index in [9.17, 15) is 0 Å². The van der Waals surface area contributed by atoms with Crippen LogP contribution in [0.15, 0.2) is 24.3 Å². The number of hydrogen-bond donors (Lipinski definition) is 0. The number of imidazole rings is 1. The molecule has 0 atom stereocenters. The van der Waals surface area contributed by atoms with Crippen molar-refractivity contribution in [2.24, 2.45) is 7.05 Å². The van der Waals surface area contributed by atoms with Gasteiger partial charge in [0.1, 0.15) is 0 Å². The molecule has 1 radical (unpaired) electrons. The zero-order valence-corrected chi connectivity index (χ0v) is 7.83. The number of fused-ring (bicyclic) bond motifs is 1. The Morgan fingerprint density at radius 3 is 2.82 bits per heavy atom. The second-order valence-electron chi connectivity index (χ2n) is 2.44. The quantitative estimate of drug-likeness (QED) is 0.574. The topological polar surface area (TPSA) is 17.8 Å². The molecular weight excluding hydrogens is 203 g/mol. The zero-order valence-electron chi connectivity index (χ0n) is 6.11. The number of para-hydroxylation sites is 2. The normalized spacial score (nSPS) is 10.6. The Kier molecular flexibility index (Phi) is 1.48. The molecule has 0 fully saturated rings. The van der Waals surface area contributed by atoms with E-state index in [-0.39, 0.29) is 0 Å². The van der Waals surface area contributed by atoms with Gasteiger partial charge >= 0.3 is 72.6 Å². The molecule has 0 aliphatic carbocycles. The molecule has 55 valence electrons. The van der Waals surface area contributed by atoms with Gasteiger partial charge in [0, 0.05) is 0 Å². The molecule has 3 heteroatoms. The first kappa shape index (κ1) is 6.89. The average Bonchev–Trinajstić information content (AvgIpc) is 2.30. The Bertz CT molecular complexity index is 392. The maximum atomic E-state index is 4.32. The molecule has 0 amide bonds. The Labute approximate surface area is 73.1 Å². The van der Waals surface area contributed by atoms with Gasteiger partial charge in [-0.2, -0.15) is 0 Å². The second-order valence-corrected chi connectivity index (χ2v) is 3.21. The molecule has 1 aromatic carbocycles. The van der Waals surface area contributed by atoms with Gasteiger partial charge in [-0.05, 0) is 0 Å². The molecule has 0 aliphatic heterocycles. The Morgan fingerprint density at radius 1 is 1.36 bits per heavy atom. The Morgan fingerprint density at radius 2 is 2.09 bits per heavy atom. The third-order valence-electron chi connectivity index (χ3n) is 1.75. The predicted octanol–water partition coefficient (Wildman–Crippen LogP) is 0.367. The summed E-state index contributed by atoms with van der Waals surface area (Å²) in [5, 5.41) is 0. The third-order valence-corrected chi connectivity index (χ3v) is 2.51. The van der Waals surface area contributed by atoms with Crippen LogP contribution in [-0.2, 0) is 7.05 Å². The maximum absolute atomic E-state index is 4.32. The van der Waals surface area contributed by atoms with Crippen LogP contribution in [0.2, 0.25) is 0 Å². The van der Waals surface area contributed by atoms with Crippen molar-refractivity contribution in [1.82, 2.24) is 9.55 Å². The number of benzene rings is 1. The van der Waals surface area contributed by atoms with Crippen molar-refractivity contribution in [3.63, 3.8) is 0 Å². The second kappa shape index (κ2) is 2.36. The van der Waals surface area contributed by atoms with E-state index in [2.05, 4.69) is 27.1 Å². The molecule has 0 saturated carbocycles. The first-order valence-corrected chi connectivity index (χ1v) is 4.23. The van der Waals surface area contributed by atoms with Crippen LogP contribution in [0.1, 0.15) is 0 Å². The number of aromatic nitrogens is 2. The van der Waals surface area contributed by atoms with Crippen LogP contribution in [0, 0.1) is 0 Å². The van der Waals surface area contributed by atoms with Crippen molar-refractivity contribution in [2.45, 2.75) is 0 Å². The molecule has 0 saturated heterocycles. The molecule has 0 unspecified atom stereocenters. The van der Waals surface area contributed by atoms with E-state index >= 15 is 0 Å². The predicted molar refractivity (Wildman–Crippen MR) is 46.1 cm³/mol. The summed E-state index contributed by atoms with van der Waals surface area (Å²) in [5.74, 6) is 0. The van der Waals surface area contributed by atoms with Gasteiger partial charge in [-0.1, -0.05) is 0 Å². The summed E-state index contributed by atoms with van der Waals surface area (Å²) in [6.07, 6.45) is 0. The van der Waals surface area contributed by atoms with Crippen LogP contribution in [0.5, 0.6) is 0 Å². The molecule has 2 rings (SSSR count). The van der Waals surface area contributed by atoms with Gasteiger partial charge in [-0.25, -0.2) is 0 Å². The van der Waals surface area contributed by atoms with E-state index in [0.29, 0.717) is 0 Å². The molecule has 0 N–H and O–H groups in total. The first-order chi connectivity index (χ1) is 5.29. The van der Waals surface area contributed by atoms with Gasteiger partial charge in [0.05, 0.1) is 0 Å².